The Morgan fingerprint density at radius 1 is 1.45 bits per heavy atom. The van der Waals surface area contributed by atoms with Gasteiger partial charge in [0.1, 0.15) is 0 Å². The Bertz CT molecular complexity index is 544. The van der Waals surface area contributed by atoms with Gasteiger partial charge in [-0.1, -0.05) is 6.92 Å². The number of likely N-dealkylation sites (tertiary alicyclic amines) is 1. The molecule has 7 heteroatoms. The third kappa shape index (κ3) is 3.60. The normalized spacial score (nSPS) is 20.1. The van der Waals surface area contributed by atoms with Crippen molar-refractivity contribution in [1.82, 2.24) is 14.6 Å². The Hall–Kier alpha value is -0.890. The minimum absolute atomic E-state index is 0.0343. The molecule has 4 N–H and O–H groups in total. The van der Waals surface area contributed by atoms with Crippen LogP contribution in [0.3, 0.4) is 0 Å². The topological polar surface area (TPSA) is 91.2 Å². The molecule has 1 fully saturated rings. The van der Waals surface area contributed by atoms with Gasteiger partial charge in [0.2, 0.25) is 10.0 Å². The van der Waals surface area contributed by atoms with Crippen molar-refractivity contribution in [2.45, 2.75) is 31.2 Å². The monoisotopic (exact) mass is 300 g/mol. The molecule has 1 aromatic rings. The highest BCUT2D eigenvalue weighted by Gasteiger charge is 2.30. The van der Waals surface area contributed by atoms with E-state index in [1.165, 1.54) is 6.20 Å². The number of aromatic amines is 1. The van der Waals surface area contributed by atoms with Gasteiger partial charge in [0.25, 0.3) is 0 Å². The van der Waals surface area contributed by atoms with E-state index in [1.54, 1.807) is 6.07 Å². The quantitative estimate of drug-likeness (QED) is 0.738. The smallest absolute Gasteiger partial charge is 0.242 e. The third-order valence-electron chi connectivity index (χ3n) is 4.13. The van der Waals surface area contributed by atoms with E-state index in [1.807, 2.05) is 0 Å². The van der Waals surface area contributed by atoms with Gasteiger partial charge >= 0.3 is 0 Å². The van der Waals surface area contributed by atoms with E-state index in [0.717, 1.165) is 31.6 Å². The van der Waals surface area contributed by atoms with Crippen LogP contribution < -0.4 is 10.5 Å². The molecule has 0 aliphatic carbocycles. The lowest BCUT2D eigenvalue weighted by Crippen LogP contribution is -2.43. The molecule has 0 spiro atoms. The van der Waals surface area contributed by atoms with Crippen molar-refractivity contribution < 1.29 is 8.42 Å². The van der Waals surface area contributed by atoms with Crippen molar-refractivity contribution in [1.29, 1.82) is 0 Å². The van der Waals surface area contributed by atoms with Crippen molar-refractivity contribution in [2.24, 2.45) is 11.1 Å². The molecule has 0 aromatic carbocycles. The van der Waals surface area contributed by atoms with Gasteiger partial charge < -0.3 is 15.6 Å². The molecular formula is C13H24N4O2S. The summed E-state index contributed by atoms with van der Waals surface area (Å²) in [6.45, 7) is 4.95. The predicted octanol–water partition coefficient (Wildman–Crippen LogP) is 0.484. The molecule has 1 aliphatic heterocycles. The molecule has 20 heavy (non-hydrogen) atoms. The van der Waals surface area contributed by atoms with Gasteiger partial charge in [-0.2, -0.15) is 0 Å². The van der Waals surface area contributed by atoms with Gasteiger partial charge in [-0.3, -0.25) is 0 Å². The Labute approximate surface area is 120 Å². The van der Waals surface area contributed by atoms with E-state index < -0.39 is 10.0 Å². The van der Waals surface area contributed by atoms with Crippen LogP contribution in [0.2, 0.25) is 0 Å². The van der Waals surface area contributed by atoms with Crippen LogP contribution in [0, 0.1) is 5.41 Å². The summed E-state index contributed by atoms with van der Waals surface area (Å²) in [5.74, 6) is 0. The molecule has 0 atom stereocenters. The molecule has 6 nitrogen and oxygen atoms in total. The first kappa shape index (κ1) is 15.5. The number of nitrogens with zero attached hydrogens (tertiary/aromatic N) is 1. The SMILES string of the molecule is CN1CCC(C)(CNS(=O)(=O)c2c[nH]c(CN)c2)CC1. The van der Waals surface area contributed by atoms with E-state index in [9.17, 15) is 8.42 Å². The van der Waals surface area contributed by atoms with Crippen molar-refractivity contribution in [2.75, 3.05) is 26.7 Å². The Morgan fingerprint density at radius 3 is 2.65 bits per heavy atom. The van der Waals surface area contributed by atoms with E-state index in [-0.39, 0.29) is 10.3 Å². The highest BCUT2D eigenvalue weighted by molar-refractivity contribution is 7.89. The first-order valence-electron chi connectivity index (χ1n) is 6.90. The molecule has 0 saturated carbocycles. The minimum Gasteiger partial charge on any atom is -0.363 e. The van der Waals surface area contributed by atoms with Crippen LogP contribution >= 0.6 is 0 Å². The average Bonchev–Trinajstić information content (AvgIpc) is 2.90. The summed E-state index contributed by atoms with van der Waals surface area (Å²) in [7, 11) is -1.36. The highest BCUT2D eigenvalue weighted by atomic mass is 32.2. The fourth-order valence-corrected chi connectivity index (χ4v) is 3.60. The molecule has 0 unspecified atom stereocenters. The zero-order valence-electron chi connectivity index (χ0n) is 12.1. The summed E-state index contributed by atoms with van der Waals surface area (Å²) in [5.41, 5.74) is 6.23. The largest absolute Gasteiger partial charge is 0.363 e. The first-order chi connectivity index (χ1) is 9.35. The van der Waals surface area contributed by atoms with Gasteiger partial charge in [0.15, 0.2) is 0 Å². The summed E-state index contributed by atoms with van der Waals surface area (Å²) in [6, 6.07) is 1.58. The number of piperidine rings is 1. The molecular weight excluding hydrogens is 276 g/mol. The highest BCUT2D eigenvalue weighted by Crippen LogP contribution is 2.29. The summed E-state index contributed by atoms with van der Waals surface area (Å²) in [5, 5.41) is 0. The summed E-state index contributed by atoms with van der Waals surface area (Å²) in [4.78, 5) is 5.40. The summed E-state index contributed by atoms with van der Waals surface area (Å²) in [6.07, 6.45) is 3.50. The Kier molecular flexibility index (Phi) is 4.53. The van der Waals surface area contributed by atoms with Gasteiger partial charge in [-0.15, -0.1) is 0 Å². The number of rotatable bonds is 5. The molecule has 0 amide bonds. The third-order valence-corrected chi connectivity index (χ3v) is 5.51. The van der Waals surface area contributed by atoms with Gasteiger partial charge in [0, 0.05) is 25.0 Å². The fourth-order valence-electron chi connectivity index (χ4n) is 2.38. The molecule has 2 rings (SSSR count). The van der Waals surface area contributed by atoms with Crippen LogP contribution in [0.25, 0.3) is 0 Å². The Morgan fingerprint density at radius 2 is 2.10 bits per heavy atom. The number of H-pyrrole nitrogens is 1. The number of nitrogens with two attached hydrogens (primary N) is 1. The zero-order valence-corrected chi connectivity index (χ0v) is 13.0. The zero-order chi connectivity index (χ0) is 14.8. The predicted molar refractivity (Wildman–Crippen MR) is 78.7 cm³/mol. The number of hydrogen-bond acceptors (Lipinski definition) is 4. The summed E-state index contributed by atoms with van der Waals surface area (Å²) >= 11 is 0. The number of sulfonamides is 1. The second-order valence-corrected chi connectivity index (χ2v) is 7.77. The standard InChI is InChI=1S/C13H24N4O2S/c1-13(3-5-17(2)6-4-13)10-16-20(18,19)12-7-11(8-14)15-9-12/h7,9,15-16H,3-6,8,10,14H2,1-2H3. The maximum absolute atomic E-state index is 12.2. The number of nitrogens with one attached hydrogen (secondary N) is 2. The van der Waals surface area contributed by atoms with Gasteiger partial charge in [0.05, 0.1) is 4.90 Å². The summed E-state index contributed by atoms with van der Waals surface area (Å²) < 4.78 is 27.2. The second-order valence-electron chi connectivity index (χ2n) is 6.00. The Balaban J connectivity index is 1.98. The lowest BCUT2D eigenvalue weighted by atomic mass is 9.81. The van der Waals surface area contributed by atoms with Crippen molar-refractivity contribution in [3.8, 4) is 0 Å². The molecule has 114 valence electrons. The van der Waals surface area contributed by atoms with E-state index in [2.05, 4.69) is 28.6 Å². The lowest BCUT2D eigenvalue weighted by molar-refractivity contribution is 0.143. The van der Waals surface area contributed by atoms with Gasteiger partial charge in [-0.05, 0) is 44.5 Å². The van der Waals surface area contributed by atoms with Gasteiger partial charge in [-0.25, -0.2) is 13.1 Å². The van der Waals surface area contributed by atoms with Crippen molar-refractivity contribution in [3.05, 3.63) is 18.0 Å². The minimum atomic E-state index is -3.45. The van der Waals surface area contributed by atoms with Crippen LogP contribution in [-0.4, -0.2) is 45.0 Å². The maximum atomic E-state index is 12.2. The average molecular weight is 300 g/mol. The second kappa shape index (κ2) is 5.85. The van der Waals surface area contributed by atoms with Crippen molar-refractivity contribution in [3.63, 3.8) is 0 Å². The number of aromatic nitrogens is 1. The van der Waals surface area contributed by atoms with Crippen molar-refractivity contribution >= 4 is 10.0 Å². The maximum Gasteiger partial charge on any atom is 0.242 e. The molecule has 1 saturated heterocycles. The van der Waals surface area contributed by atoms with E-state index in [4.69, 9.17) is 5.73 Å². The lowest BCUT2D eigenvalue weighted by Gasteiger charge is -2.37. The van der Waals surface area contributed by atoms with Crippen LogP contribution in [0.5, 0.6) is 0 Å². The van der Waals surface area contributed by atoms with Crippen LogP contribution in [0.4, 0.5) is 0 Å². The first-order valence-corrected chi connectivity index (χ1v) is 8.39. The van der Waals surface area contributed by atoms with Crippen LogP contribution in [0.15, 0.2) is 17.2 Å². The molecule has 0 radical (unpaired) electrons. The van der Waals surface area contributed by atoms with E-state index >= 15 is 0 Å². The van der Waals surface area contributed by atoms with Crippen LogP contribution in [-0.2, 0) is 16.6 Å². The van der Waals surface area contributed by atoms with Crippen LogP contribution in [0.1, 0.15) is 25.5 Å². The van der Waals surface area contributed by atoms with E-state index in [0.29, 0.717) is 13.1 Å². The molecule has 0 bridgehead atoms. The number of hydrogen-bond donors (Lipinski definition) is 3. The fraction of sp³-hybridized carbons (Fsp3) is 0.692. The molecule has 2 heterocycles. The molecule has 1 aromatic heterocycles. The molecule has 1 aliphatic rings.